The number of benzene rings is 2. The van der Waals surface area contributed by atoms with Crippen LogP contribution in [0, 0.1) is 0 Å². The molecule has 1 N–H and O–H groups in total. The van der Waals surface area contributed by atoms with Crippen molar-refractivity contribution in [2.75, 3.05) is 13.1 Å². The number of hydrogen-bond donors (Lipinski definition) is 1. The van der Waals surface area contributed by atoms with Crippen LogP contribution in [0.1, 0.15) is 31.2 Å². The van der Waals surface area contributed by atoms with Crippen molar-refractivity contribution in [3.05, 3.63) is 48.0 Å². The Balaban J connectivity index is 1.48. The second kappa shape index (κ2) is 8.19. The molecule has 1 fully saturated rings. The SMILES string of the molecule is BC(Cc1ccc2ccccc2c1)NC(=O)CCN1CCCCC1=O. The second-order valence-electron chi connectivity index (χ2n) is 6.94. The first-order valence-corrected chi connectivity index (χ1v) is 9.16. The quantitative estimate of drug-likeness (QED) is 0.819. The number of carbonyl (C=O) groups excluding carboxylic acids is 2. The van der Waals surface area contributed by atoms with Gasteiger partial charge in [-0.1, -0.05) is 42.5 Å². The topological polar surface area (TPSA) is 49.4 Å². The molecule has 4 nitrogen and oxygen atoms in total. The summed E-state index contributed by atoms with van der Waals surface area (Å²) in [7, 11) is 2.03. The first-order valence-electron chi connectivity index (χ1n) is 9.16. The zero-order chi connectivity index (χ0) is 17.6. The van der Waals surface area contributed by atoms with Gasteiger partial charge in [-0.25, -0.2) is 0 Å². The van der Waals surface area contributed by atoms with Gasteiger partial charge >= 0.3 is 0 Å². The van der Waals surface area contributed by atoms with Gasteiger partial charge in [0.15, 0.2) is 0 Å². The summed E-state index contributed by atoms with van der Waals surface area (Å²) in [6.07, 6.45) is 3.84. The fourth-order valence-electron chi connectivity index (χ4n) is 3.45. The Morgan fingerprint density at radius 1 is 1.16 bits per heavy atom. The molecule has 1 atom stereocenters. The predicted octanol–water partition coefficient (Wildman–Crippen LogP) is 1.86. The molecule has 3 rings (SSSR count). The van der Waals surface area contributed by atoms with E-state index in [1.807, 2.05) is 24.9 Å². The molecular formula is C20H25BN2O2. The number of piperidine rings is 1. The molecule has 1 saturated heterocycles. The molecule has 2 amide bonds. The average Bonchev–Trinajstić information content (AvgIpc) is 2.61. The highest BCUT2D eigenvalue weighted by atomic mass is 16.2. The molecular weight excluding hydrogens is 311 g/mol. The van der Waals surface area contributed by atoms with Gasteiger partial charge in [0.2, 0.25) is 11.8 Å². The van der Waals surface area contributed by atoms with Crippen LogP contribution in [0.2, 0.25) is 0 Å². The van der Waals surface area contributed by atoms with Crippen LogP contribution in [0.25, 0.3) is 10.8 Å². The monoisotopic (exact) mass is 336 g/mol. The third-order valence-electron chi connectivity index (χ3n) is 4.79. The van der Waals surface area contributed by atoms with Crippen molar-refractivity contribution < 1.29 is 9.59 Å². The van der Waals surface area contributed by atoms with Crippen molar-refractivity contribution in [1.29, 1.82) is 0 Å². The number of likely N-dealkylation sites (tertiary alicyclic amines) is 1. The number of carbonyl (C=O) groups is 2. The summed E-state index contributed by atoms with van der Waals surface area (Å²) in [6, 6.07) is 14.7. The molecule has 0 aliphatic carbocycles. The largest absolute Gasteiger partial charge is 0.361 e. The van der Waals surface area contributed by atoms with E-state index in [9.17, 15) is 9.59 Å². The van der Waals surface area contributed by atoms with Gasteiger partial charge in [-0.3, -0.25) is 9.59 Å². The van der Waals surface area contributed by atoms with Crippen molar-refractivity contribution in [3.63, 3.8) is 0 Å². The second-order valence-corrected chi connectivity index (χ2v) is 6.94. The van der Waals surface area contributed by atoms with Crippen molar-refractivity contribution in [1.82, 2.24) is 10.2 Å². The summed E-state index contributed by atoms with van der Waals surface area (Å²) < 4.78 is 0. The highest BCUT2D eigenvalue weighted by molar-refractivity contribution is 6.13. The number of rotatable bonds is 6. The summed E-state index contributed by atoms with van der Waals surface area (Å²) in [6.45, 7) is 1.33. The van der Waals surface area contributed by atoms with Gasteiger partial charge in [0.05, 0.1) is 0 Å². The van der Waals surface area contributed by atoms with Crippen LogP contribution >= 0.6 is 0 Å². The lowest BCUT2D eigenvalue weighted by molar-refractivity contribution is -0.133. The maximum Gasteiger partial charge on any atom is 0.222 e. The highest BCUT2D eigenvalue weighted by Crippen LogP contribution is 2.16. The van der Waals surface area contributed by atoms with E-state index in [0.717, 1.165) is 25.8 Å². The van der Waals surface area contributed by atoms with Gasteiger partial charge < -0.3 is 10.2 Å². The minimum Gasteiger partial charge on any atom is -0.361 e. The number of fused-ring (bicyclic) bond motifs is 1. The van der Waals surface area contributed by atoms with Crippen LogP contribution in [-0.2, 0) is 16.0 Å². The molecule has 2 aromatic rings. The Hall–Kier alpha value is -2.30. The summed E-state index contributed by atoms with van der Waals surface area (Å²) in [4.78, 5) is 25.7. The fraction of sp³-hybridized carbons (Fsp3) is 0.400. The molecule has 25 heavy (non-hydrogen) atoms. The smallest absolute Gasteiger partial charge is 0.222 e. The molecule has 1 heterocycles. The molecule has 1 aliphatic heterocycles. The average molecular weight is 336 g/mol. The standard InChI is InChI=1S/C20H25BN2O2/c21-18(14-15-8-9-16-5-1-2-6-17(16)13-15)22-19(24)10-12-23-11-4-3-7-20(23)25/h1-2,5-6,8-9,13,18H,3-4,7,10-12,14,21H2,(H,22,24). The van der Waals surface area contributed by atoms with Crippen LogP contribution in [0.5, 0.6) is 0 Å². The fourth-order valence-corrected chi connectivity index (χ4v) is 3.45. The maximum absolute atomic E-state index is 12.2. The van der Waals surface area contributed by atoms with Crippen LogP contribution in [0.4, 0.5) is 0 Å². The zero-order valence-electron chi connectivity index (χ0n) is 14.8. The van der Waals surface area contributed by atoms with Crippen molar-refractivity contribution in [2.24, 2.45) is 0 Å². The van der Waals surface area contributed by atoms with Crippen molar-refractivity contribution in [2.45, 2.75) is 38.0 Å². The minimum atomic E-state index is 0.0201. The van der Waals surface area contributed by atoms with Crippen LogP contribution in [0.3, 0.4) is 0 Å². The van der Waals surface area contributed by atoms with Crippen molar-refractivity contribution in [3.8, 4) is 0 Å². The third kappa shape index (κ3) is 4.85. The predicted molar refractivity (Wildman–Crippen MR) is 103 cm³/mol. The molecule has 5 heteroatoms. The Labute approximate surface area is 150 Å². The molecule has 1 unspecified atom stereocenters. The van der Waals surface area contributed by atoms with Gasteiger partial charge in [-0.2, -0.15) is 0 Å². The lowest BCUT2D eigenvalue weighted by Gasteiger charge is -2.26. The van der Waals surface area contributed by atoms with Gasteiger partial charge in [0.25, 0.3) is 0 Å². The van der Waals surface area contributed by atoms with E-state index in [2.05, 4.69) is 35.6 Å². The van der Waals surface area contributed by atoms with Crippen molar-refractivity contribution >= 4 is 30.4 Å². The Kier molecular flexibility index (Phi) is 5.74. The summed E-state index contributed by atoms with van der Waals surface area (Å²) in [5.41, 5.74) is 1.22. The number of nitrogens with one attached hydrogen (secondary N) is 1. The molecule has 0 radical (unpaired) electrons. The number of amides is 2. The van der Waals surface area contributed by atoms with E-state index in [1.54, 1.807) is 0 Å². The van der Waals surface area contributed by atoms with Gasteiger partial charge in [0, 0.05) is 31.9 Å². The summed E-state index contributed by atoms with van der Waals surface area (Å²) in [5.74, 6) is 0.278. The summed E-state index contributed by atoms with van der Waals surface area (Å²) in [5, 5.41) is 5.51. The number of nitrogens with zero attached hydrogens (tertiary/aromatic N) is 1. The molecule has 0 bridgehead atoms. The molecule has 1 aliphatic rings. The normalized spacial score (nSPS) is 16.0. The molecule has 130 valence electrons. The molecule has 0 saturated carbocycles. The van der Waals surface area contributed by atoms with E-state index >= 15 is 0 Å². The Morgan fingerprint density at radius 3 is 2.76 bits per heavy atom. The van der Waals surface area contributed by atoms with Gasteiger partial charge in [-0.15, -0.1) is 0 Å². The Morgan fingerprint density at radius 2 is 1.96 bits per heavy atom. The Bertz CT molecular complexity index is 762. The third-order valence-corrected chi connectivity index (χ3v) is 4.79. The summed E-state index contributed by atoms with van der Waals surface area (Å²) >= 11 is 0. The zero-order valence-corrected chi connectivity index (χ0v) is 14.8. The van der Waals surface area contributed by atoms with E-state index in [-0.39, 0.29) is 17.8 Å². The van der Waals surface area contributed by atoms with E-state index in [1.165, 1.54) is 16.3 Å². The lowest BCUT2D eigenvalue weighted by Crippen LogP contribution is -2.41. The first kappa shape index (κ1) is 17.5. The van der Waals surface area contributed by atoms with Crippen LogP contribution in [-0.4, -0.2) is 43.6 Å². The van der Waals surface area contributed by atoms with Crippen LogP contribution < -0.4 is 5.32 Å². The van der Waals surface area contributed by atoms with Gasteiger partial charge in [-0.05, 0) is 35.6 Å². The minimum absolute atomic E-state index is 0.0201. The van der Waals surface area contributed by atoms with Gasteiger partial charge in [0.1, 0.15) is 7.85 Å². The van der Waals surface area contributed by atoms with Crippen LogP contribution in [0.15, 0.2) is 42.5 Å². The van der Waals surface area contributed by atoms with E-state index in [0.29, 0.717) is 19.4 Å². The lowest BCUT2D eigenvalue weighted by atomic mass is 9.89. The van der Waals surface area contributed by atoms with E-state index < -0.39 is 0 Å². The number of hydrogen-bond acceptors (Lipinski definition) is 2. The molecule has 0 spiro atoms. The molecule has 0 aromatic heterocycles. The molecule has 2 aromatic carbocycles. The first-order chi connectivity index (χ1) is 12.1. The highest BCUT2D eigenvalue weighted by Gasteiger charge is 2.18. The maximum atomic E-state index is 12.2. The van der Waals surface area contributed by atoms with E-state index in [4.69, 9.17) is 0 Å².